The van der Waals surface area contributed by atoms with Gasteiger partial charge in [-0.05, 0) is 26.4 Å². The lowest BCUT2D eigenvalue weighted by Crippen LogP contribution is -2.53. The fourth-order valence-corrected chi connectivity index (χ4v) is 2.61. The third-order valence-electron chi connectivity index (χ3n) is 3.76. The Morgan fingerprint density at radius 3 is 2.62 bits per heavy atom. The molecular formula is C12H23NO3. The molecule has 2 unspecified atom stereocenters. The Balaban J connectivity index is 2.78. The zero-order valence-electron chi connectivity index (χ0n) is 10.7. The standard InChI is InChI=1S/C12H23NO3/c1-12(2,10(14)11(15)16-4)9-7-5-6-8-13(9)3/h9-10,14H,5-8H2,1-4H3. The molecule has 16 heavy (non-hydrogen) atoms. The molecule has 1 heterocycles. The van der Waals surface area contributed by atoms with Crippen LogP contribution in [0, 0.1) is 5.41 Å². The topological polar surface area (TPSA) is 49.8 Å². The summed E-state index contributed by atoms with van der Waals surface area (Å²) in [5.41, 5.74) is -0.470. The summed E-state index contributed by atoms with van der Waals surface area (Å²) in [6.07, 6.45) is 2.32. The molecule has 0 aromatic carbocycles. The second-order valence-electron chi connectivity index (χ2n) is 5.24. The monoisotopic (exact) mass is 229 g/mol. The van der Waals surface area contributed by atoms with Crippen LogP contribution in [0.3, 0.4) is 0 Å². The maximum Gasteiger partial charge on any atom is 0.335 e. The molecule has 1 aliphatic heterocycles. The summed E-state index contributed by atoms with van der Waals surface area (Å²) in [5.74, 6) is -0.538. The van der Waals surface area contributed by atoms with Gasteiger partial charge in [-0.25, -0.2) is 4.79 Å². The largest absolute Gasteiger partial charge is 0.467 e. The molecule has 0 aromatic rings. The van der Waals surface area contributed by atoms with Crippen LogP contribution < -0.4 is 0 Å². The Labute approximate surface area is 97.6 Å². The second kappa shape index (κ2) is 5.15. The van der Waals surface area contributed by atoms with Crippen LogP contribution in [-0.4, -0.2) is 48.8 Å². The van der Waals surface area contributed by atoms with E-state index in [9.17, 15) is 9.90 Å². The number of aliphatic hydroxyl groups excluding tert-OH is 1. The first-order valence-electron chi connectivity index (χ1n) is 5.87. The summed E-state index contributed by atoms with van der Waals surface area (Å²) in [6.45, 7) is 4.89. The summed E-state index contributed by atoms with van der Waals surface area (Å²) < 4.78 is 4.62. The zero-order chi connectivity index (χ0) is 12.3. The van der Waals surface area contributed by atoms with E-state index in [2.05, 4.69) is 16.7 Å². The Morgan fingerprint density at radius 1 is 1.50 bits per heavy atom. The van der Waals surface area contributed by atoms with E-state index in [0.29, 0.717) is 0 Å². The molecule has 1 aliphatic rings. The maximum absolute atomic E-state index is 11.4. The number of ether oxygens (including phenoxy) is 1. The fourth-order valence-electron chi connectivity index (χ4n) is 2.61. The summed E-state index contributed by atoms with van der Waals surface area (Å²) >= 11 is 0. The lowest BCUT2D eigenvalue weighted by atomic mass is 9.75. The molecule has 0 aromatic heterocycles. The lowest BCUT2D eigenvalue weighted by molar-refractivity contribution is -0.160. The van der Waals surface area contributed by atoms with Crippen LogP contribution in [0.15, 0.2) is 0 Å². The summed E-state index contributed by atoms with van der Waals surface area (Å²) in [4.78, 5) is 13.6. The van der Waals surface area contributed by atoms with E-state index in [1.165, 1.54) is 13.5 Å². The van der Waals surface area contributed by atoms with Crippen LogP contribution in [0.25, 0.3) is 0 Å². The van der Waals surface area contributed by atoms with E-state index < -0.39 is 17.5 Å². The van der Waals surface area contributed by atoms with Crippen molar-refractivity contribution < 1.29 is 14.6 Å². The van der Waals surface area contributed by atoms with Crippen molar-refractivity contribution in [1.29, 1.82) is 0 Å². The van der Waals surface area contributed by atoms with Crippen molar-refractivity contribution in [3.8, 4) is 0 Å². The van der Waals surface area contributed by atoms with Crippen molar-refractivity contribution >= 4 is 5.97 Å². The number of rotatable bonds is 3. The number of piperidine rings is 1. The van der Waals surface area contributed by atoms with Crippen LogP contribution >= 0.6 is 0 Å². The predicted molar refractivity (Wildman–Crippen MR) is 62.1 cm³/mol. The molecular weight excluding hydrogens is 206 g/mol. The SMILES string of the molecule is COC(=O)C(O)C(C)(C)C1CCCCN1C. The second-order valence-corrected chi connectivity index (χ2v) is 5.24. The average Bonchev–Trinajstić information content (AvgIpc) is 2.27. The van der Waals surface area contributed by atoms with E-state index in [-0.39, 0.29) is 6.04 Å². The molecule has 0 saturated carbocycles. The van der Waals surface area contributed by atoms with Crippen molar-refractivity contribution in [3.05, 3.63) is 0 Å². The number of likely N-dealkylation sites (tertiary alicyclic amines) is 1. The highest BCUT2D eigenvalue weighted by atomic mass is 16.5. The van der Waals surface area contributed by atoms with Gasteiger partial charge in [-0.1, -0.05) is 20.3 Å². The molecule has 94 valence electrons. The molecule has 4 heteroatoms. The van der Waals surface area contributed by atoms with E-state index in [1.54, 1.807) is 0 Å². The molecule has 0 spiro atoms. The number of hydrogen-bond donors (Lipinski definition) is 1. The van der Waals surface area contributed by atoms with Gasteiger partial charge in [0.05, 0.1) is 7.11 Å². The molecule has 1 fully saturated rings. The predicted octanol–water partition coefficient (Wildman–Crippen LogP) is 1.03. The van der Waals surface area contributed by atoms with E-state index >= 15 is 0 Å². The number of carbonyl (C=O) groups is 1. The zero-order valence-corrected chi connectivity index (χ0v) is 10.7. The summed E-state index contributed by atoms with van der Waals surface area (Å²) in [5, 5.41) is 10.0. The molecule has 0 aliphatic carbocycles. The Kier molecular flexibility index (Phi) is 4.33. The van der Waals surface area contributed by atoms with Crippen molar-refractivity contribution in [2.75, 3.05) is 20.7 Å². The third kappa shape index (κ3) is 2.55. The normalized spacial score (nSPS) is 25.2. The number of methoxy groups -OCH3 is 1. The molecule has 0 amide bonds. The van der Waals surface area contributed by atoms with Crippen molar-refractivity contribution in [2.45, 2.75) is 45.3 Å². The summed E-state index contributed by atoms with van der Waals surface area (Å²) in [7, 11) is 3.36. The van der Waals surface area contributed by atoms with Gasteiger partial charge in [0.1, 0.15) is 0 Å². The smallest absolute Gasteiger partial charge is 0.335 e. The lowest BCUT2D eigenvalue weighted by Gasteiger charge is -2.44. The first kappa shape index (κ1) is 13.5. The van der Waals surface area contributed by atoms with Gasteiger partial charge in [0, 0.05) is 11.5 Å². The van der Waals surface area contributed by atoms with E-state index in [0.717, 1.165) is 19.4 Å². The Hall–Kier alpha value is -0.610. The molecule has 1 saturated heterocycles. The van der Waals surface area contributed by atoms with Crippen molar-refractivity contribution in [3.63, 3.8) is 0 Å². The van der Waals surface area contributed by atoms with Gasteiger partial charge in [-0.2, -0.15) is 0 Å². The van der Waals surface area contributed by atoms with Crippen molar-refractivity contribution in [1.82, 2.24) is 4.90 Å². The molecule has 2 atom stereocenters. The first-order valence-corrected chi connectivity index (χ1v) is 5.87. The van der Waals surface area contributed by atoms with Gasteiger partial charge < -0.3 is 14.7 Å². The summed E-state index contributed by atoms with van der Waals surface area (Å²) in [6, 6.07) is 0.232. The Bertz CT molecular complexity index is 253. The quantitative estimate of drug-likeness (QED) is 0.734. The molecule has 1 rings (SSSR count). The van der Waals surface area contributed by atoms with E-state index in [1.807, 2.05) is 13.8 Å². The van der Waals surface area contributed by atoms with Gasteiger partial charge in [0.2, 0.25) is 0 Å². The molecule has 0 radical (unpaired) electrons. The average molecular weight is 229 g/mol. The number of nitrogens with zero attached hydrogens (tertiary/aromatic N) is 1. The van der Waals surface area contributed by atoms with Crippen LogP contribution in [0.5, 0.6) is 0 Å². The fraction of sp³-hybridized carbons (Fsp3) is 0.917. The minimum absolute atomic E-state index is 0.232. The molecule has 1 N–H and O–H groups in total. The van der Waals surface area contributed by atoms with E-state index in [4.69, 9.17) is 0 Å². The highest BCUT2D eigenvalue weighted by molar-refractivity contribution is 5.75. The van der Waals surface area contributed by atoms with Gasteiger partial charge in [-0.3, -0.25) is 0 Å². The Morgan fingerprint density at radius 2 is 2.12 bits per heavy atom. The van der Waals surface area contributed by atoms with Crippen LogP contribution in [0.4, 0.5) is 0 Å². The van der Waals surface area contributed by atoms with Crippen LogP contribution in [-0.2, 0) is 9.53 Å². The van der Waals surface area contributed by atoms with Crippen LogP contribution in [0.1, 0.15) is 33.1 Å². The van der Waals surface area contributed by atoms with Gasteiger partial charge in [-0.15, -0.1) is 0 Å². The molecule has 0 bridgehead atoms. The minimum atomic E-state index is -1.05. The van der Waals surface area contributed by atoms with Crippen LogP contribution in [0.2, 0.25) is 0 Å². The van der Waals surface area contributed by atoms with Gasteiger partial charge in [0.25, 0.3) is 0 Å². The number of hydrogen-bond acceptors (Lipinski definition) is 4. The number of aliphatic hydroxyl groups is 1. The van der Waals surface area contributed by atoms with Gasteiger partial charge >= 0.3 is 5.97 Å². The van der Waals surface area contributed by atoms with Crippen molar-refractivity contribution in [2.24, 2.45) is 5.41 Å². The maximum atomic E-state index is 11.4. The molecule has 4 nitrogen and oxygen atoms in total. The van der Waals surface area contributed by atoms with Gasteiger partial charge in [0.15, 0.2) is 6.10 Å². The highest BCUT2D eigenvalue weighted by Crippen LogP contribution is 2.34. The number of esters is 1. The first-order chi connectivity index (χ1) is 7.41. The minimum Gasteiger partial charge on any atom is -0.467 e. The highest BCUT2D eigenvalue weighted by Gasteiger charge is 2.43. The third-order valence-corrected chi connectivity index (χ3v) is 3.76. The number of carbonyl (C=O) groups excluding carboxylic acids is 1.